The minimum atomic E-state index is -0.341. The van der Waals surface area contributed by atoms with Gasteiger partial charge in [0.15, 0.2) is 10.9 Å². The van der Waals surface area contributed by atoms with Crippen molar-refractivity contribution in [2.45, 2.75) is 26.5 Å². The number of fused-ring (bicyclic) bond motifs is 1. The van der Waals surface area contributed by atoms with Gasteiger partial charge in [0.2, 0.25) is 0 Å². The minimum absolute atomic E-state index is 0.150. The van der Waals surface area contributed by atoms with Crippen LogP contribution in [0.15, 0.2) is 40.8 Å². The zero-order valence-electron chi connectivity index (χ0n) is 15.4. The Morgan fingerprint density at radius 1 is 1.32 bits per heavy atom. The highest BCUT2D eigenvalue weighted by Gasteiger charge is 2.21. The summed E-state index contributed by atoms with van der Waals surface area (Å²) in [6.07, 6.45) is 0.904. The van der Waals surface area contributed by atoms with Crippen molar-refractivity contribution in [2.75, 3.05) is 18.4 Å². The summed E-state index contributed by atoms with van der Waals surface area (Å²) in [5.41, 5.74) is 1.07. The average molecular weight is 401 g/mol. The van der Waals surface area contributed by atoms with Crippen molar-refractivity contribution in [1.82, 2.24) is 9.88 Å². The highest BCUT2D eigenvalue weighted by atomic mass is 32.1. The van der Waals surface area contributed by atoms with Gasteiger partial charge in [-0.2, -0.15) is 0 Å². The molecule has 1 N–H and O–H groups in total. The van der Waals surface area contributed by atoms with E-state index in [2.05, 4.69) is 22.1 Å². The van der Waals surface area contributed by atoms with Crippen LogP contribution in [0.2, 0.25) is 0 Å². The fraction of sp³-hybridized carbons (Fsp3) is 0.300. The standard InChI is InChI=1S/C20H20FN3O3S/c1-2-24-10-9-16-18(11-24)28-20(22-16)23-19(25)17-8-7-15(27-17)12-26-14-5-3-13(21)4-6-14/h3-8H,2,9-12H2,1H3,(H,22,23,25). The molecule has 3 aromatic rings. The van der Waals surface area contributed by atoms with Crippen LogP contribution in [0, 0.1) is 5.82 Å². The van der Waals surface area contributed by atoms with E-state index in [9.17, 15) is 9.18 Å². The number of thiazole rings is 1. The number of nitrogens with zero attached hydrogens (tertiary/aromatic N) is 2. The van der Waals surface area contributed by atoms with E-state index in [1.54, 1.807) is 12.1 Å². The van der Waals surface area contributed by atoms with Crippen molar-refractivity contribution < 1.29 is 18.3 Å². The second-order valence-corrected chi connectivity index (χ2v) is 7.55. The Balaban J connectivity index is 1.35. The number of benzene rings is 1. The maximum absolute atomic E-state index is 12.9. The smallest absolute Gasteiger partial charge is 0.293 e. The first kappa shape index (κ1) is 18.6. The summed E-state index contributed by atoms with van der Waals surface area (Å²) in [6, 6.07) is 9.01. The van der Waals surface area contributed by atoms with Crippen LogP contribution in [-0.4, -0.2) is 28.9 Å². The number of likely N-dealkylation sites (N-methyl/N-ethyl adjacent to an activating group) is 1. The molecule has 1 aliphatic heterocycles. The Labute approximate surface area is 165 Å². The third-order valence-electron chi connectivity index (χ3n) is 4.56. The quantitative estimate of drug-likeness (QED) is 0.674. The van der Waals surface area contributed by atoms with Crippen LogP contribution in [0.4, 0.5) is 9.52 Å². The van der Waals surface area contributed by atoms with Crippen LogP contribution in [0.3, 0.4) is 0 Å². The summed E-state index contributed by atoms with van der Waals surface area (Å²) in [4.78, 5) is 20.5. The second-order valence-electron chi connectivity index (χ2n) is 6.47. The molecule has 0 saturated heterocycles. The Kier molecular flexibility index (Phi) is 5.40. The van der Waals surface area contributed by atoms with Crippen LogP contribution in [-0.2, 0) is 19.6 Å². The number of carbonyl (C=O) groups is 1. The Morgan fingerprint density at radius 2 is 2.14 bits per heavy atom. The highest BCUT2D eigenvalue weighted by molar-refractivity contribution is 7.15. The molecule has 0 atom stereocenters. The van der Waals surface area contributed by atoms with E-state index in [4.69, 9.17) is 9.15 Å². The molecule has 0 saturated carbocycles. The van der Waals surface area contributed by atoms with Gasteiger partial charge in [-0.25, -0.2) is 9.37 Å². The number of halogens is 1. The number of hydrogen-bond donors (Lipinski definition) is 1. The van der Waals surface area contributed by atoms with Crippen molar-refractivity contribution >= 4 is 22.4 Å². The van der Waals surface area contributed by atoms with Crippen LogP contribution >= 0.6 is 11.3 Å². The number of hydrogen-bond acceptors (Lipinski definition) is 6. The summed E-state index contributed by atoms with van der Waals surface area (Å²) >= 11 is 1.51. The van der Waals surface area contributed by atoms with Crippen LogP contribution < -0.4 is 10.1 Å². The maximum atomic E-state index is 12.9. The fourth-order valence-electron chi connectivity index (χ4n) is 2.99. The molecule has 6 nitrogen and oxygen atoms in total. The molecule has 0 spiro atoms. The van der Waals surface area contributed by atoms with Gasteiger partial charge in [0.1, 0.15) is 23.9 Å². The topological polar surface area (TPSA) is 67.6 Å². The van der Waals surface area contributed by atoms with E-state index in [1.807, 2.05) is 0 Å². The van der Waals surface area contributed by atoms with Gasteiger partial charge in [0, 0.05) is 24.4 Å². The van der Waals surface area contributed by atoms with Gasteiger partial charge in [-0.3, -0.25) is 15.0 Å². The molecular weight excluding hydrogens is 381 g/mol. The second kappa shape index (κ2) is 8.12. The Hall–Kier alpha value is -2.71. The molecule has 1 aromatic carbocycles. The number of ether oxygens (including phenoxy) is 1. The number of anilines is 1. The summed E-state index contributed by atoms with van der Waals surface area (Å²) in [5, 5.41) is 3.41. The van der Waals surface area contributed by atoms with Gasteiger partial charge in [0.25, 0.3) is 5.91 Å². The zero-order chi connectivity index (χ0) is 19.5. The van der Waals surface area contributed by atoms with Gasteiger partial charge >= 0.3 is 0 Å². The Bertz CT molecular complexity index is 967. The summed E-state index contributed by atoms with van der Waals surface area (Å²) in [5.74, 6) is 0.563. The van der Waals surface area contributed by atoms with Gasteiger partial charge < -0.3 is 9.15 Å². The van der Waals surface area contributed by atoms with E-state index < -0.39 is 0 Å². The van der Waals surface area contributed by atoms with Crippen LogP contribution in [0.1, 0.15) is 33.8 Å². The normalized spacial score (nSPS) is 13.9. The first-order valence-electron chi connectivity index (χ1n) is 9.10. The molecule has 8 heteroatoms. The van der Waals surface area contributed by atoms with Gasteiger partial charge in [-0.05, 0) is 42.9 Å². The third-order valence-corrected chi connectivity index (χ3v) is 5.56. The Morgan fingerprint density at radius 3 is 2.93 bits per heavy atom. The fourth-order valence-corrected chi connectivity index (χ4v) is 4.04. The number of aromatic nitrogens is 1. The lowest BCUT2D eigenvalue weighted by molar-refractivity contribution is 0.0992. The monoisotopic (exact) mass is 401 g/mol. The molecule has 0 aliphatic carbocycles. The minimum Gasteiger partial charge on any atom is -0.486 e. The van der Waals surface area contributed by atoms with Gasteiger partial charge in [-0.15, -0.1) is 11.3 Å². The largest absolute Gasteiger partial charge is 0.486 e. The average Bonchev–Trinajstić information content (AvgIpc) is 3.33. The van der Waals surface area contributed by atoms with Crippen LogP contribution in [0.25, 0.3) is 0 Å². The van der Waals surface area contributed by atoms with Crippen molar-refractivity contribution in [3.63, 3.8) is 0 Å². The first-order chi connectivity index (χ1) is 13.6. The van der Waals surface area contributed by atoms with Crippen molar-refractivity contribution in [3.05, 3.63) is 64.3 Å². The van der Waals surface area contributed by atoms with Gasteiger partial charge in [0.05, 0.1) is 5.69 Å². The zero-order valence-corrected chi connectivity index (χ0v) is 16.2. The van der Waals surface area contributed by atoms with Crippen molar-refractivity contribution in [3.8, 4) is 5.75 Å². The number of carbonyl (C=O) groups excluding carboxylic acids is 1. The highest BCUT2D eigenvalue weighted by Crippen LogP contribution is 2.28. The lowest BCUT2D eigenvalue weighted by Gasteiger charge is -2.23. The number of nitrogens with one attached hydrogen (secondary N) is 1. The molecule has 146 valence electrons. The first-order valence-corrected chi connectivity index (χ1v) is 9.91. The molecule has 4 rings (SSSR count). The molecule has 0 unspecified atom stereocenters. The van der Waals surface area contributed by atoms with E-state index in [0.29, 0.717) is 16.6 Å². The van der Waals surface area contributed by atoms with E-state index in [-0.39, 0.29) is 24.1 Å². The van der Waals surface area contributed by atoms with E-state index in [1.165, 1.54) is 40.5 Å². The molecular formula is C20H20FN3O3S. The summed E-state index contributed by atoms with van der Waals surface area (Å²) in [6.45, 7) is 5.18. The molecule has 0 bridgehead atoms. The van der Waals surface area contributed by atoms with Crippen LogP contribution in [0.5, 0.6) is 5.75 Å². The van der Waals surface area contributed by atoms with Crippen molar-refractivity contribution in [1.29, 1.82) is 0 Å². The third kappa shape index (κ3) is 4.23. The van der Waals surface area contributed by atoms with E-state index in [0.717, 1.165) is 31.7 Å². The molecule has 28 heavy (non-hydrogen) atoms. The molecule has 1 aliphatic rings. The van der Waals surface area contributed by atoms with Crippen molar-refractivity contribution in [2.24, 2.45) is 0 Å². The lowest BCUT2D eigenvalue weighted by Crippen LogP contribution is -2.29. The SMILES string of the molecule is CCN1CCc2nc(NC(=O)c3ccc(COc4ccc(F)cc4)o3)sc2C1. The van der Waals surface area contributed by atoms with E-state index >= 15 is 0 Å². The molecule has 0 radical (unpaired) electrons. The number of furan rings is 1. The number of rotatable bonds is 6. The molecule has 1 amide bonds. The summed E-state index contributed by atoms with van der Waals surface area (Å²) < 4.78 is 24.0. The number of amides is 1. The molecule has 2 aromatic heterocycles. The summed E-state index contributed by atoms with van der Waals surface area (Å²) in [7, 11) is 0. The molecule has 0 fully saturated rings. The maximum Gasteiger partial charge on any atom is 0.293 e. The predicted molar refractivity (Wildman–Crippen MR) is 104 cm³/mol. The molecule has 3 heterocycles. The predicted octanol–water partition coefficient (Wildman–Crippen LogP) is 4.08. The lowest BCUT2D eigenvalue weighted by atomic mass is 10.2. The van der Waals surface area contributed by atoms with Gasteiger partial charge in [-0.1, -0.05) is 6.92 Å².